The van der Waals surface area contributed by atoms with Crippen LogP contribution < -0.4 is 4.57 Å². The molecule has 5 unspecified atom stereocenters. The molecule has 0 radical (unpaired) electrons. The Kier molecular flexibility index (Phi) is 9.36. The molecule has 5 atom stereocenters. The molecule has 0 saturated carbocycles. The maximum absolute atomic E-state index is 5.58. The van der Waals surface area contributed by atoms with Gasteiger partial charge in [0.25, 0.3) is 0 Å². The van der Waals surface area contributed by atoms with Crippen molar-refractivity contribution in [3.63, 3.8) is 0 Å². The molecule has 0 aliphatic carbocycles. The lowest BCUT2D eigenvalue weighted by Crippen LogP contribution is -2.58. The predicted octanol–water partition coefficient (Wildman–Crippen LogP) is 14.5. The Morgan fingerprint density at radius 3 is 2.12 bits per heavy atom. The zero-order valence-electron chi connectivity index (χ0n) is 38.9. The normalized spacial score (nSPS) is 22.3. The lowest BCUT2D eigenvalue weighted by Gasteiger charge is -2.37. The number of rotatable bonds is 8. The fraction of sp³-hybridized carbons (Fsp3) is 0.234. The van der Waals surface area contributed by atoms with Crippen LogP contribution >= 0.6 is 0 Å². The van der Waals surface area contributed by atoms with Crippen LogP contribution in [0.3, 0.4) is 0 Å². The van der Waals surface area contributed by atoms with Crippen LogP contribution in [0, 0.1) is 11.3 Å². The number of hydrogen-bond acceptors (Lipinski definition) is 1. The lowest BCUT2D eigenvalue weighted by atomic mass is 9.66. The molecule has 5 aliphatic rings. The van der Waals surface area contributed by atoms with E-state index in [1.165, 1.54) is 89.3 Å². The first-order valence-electron chi connectivity index (χ1n) is 24.8. The molecule has 8 aromatic rings. The zero-order valence-corrected chi connectivity index (χ0v) is 38.9. The van der Waals surface area contributed by atoms with Gasteiger partial charge in [-0.05, 0) is 94.8 Å². The zero-order chi connectivity index (χ0) is 44.9. The summed E-state index contributed by atoms with van der Waals surface area (Å²) in [7, 11) is 0. The minimum atomic E-state index is -0.220. The second-order valence-corrected chi connectivity index (χ2v) is 20.7. The van der Waals surface area contributed by atoms with Gasteiger partial charge in [-0.25, -0.2) is 4.58 Å². The van der Waals surface area contributed by atoms with Gasteiger partial charge in [0, 0.05) is 58.0 Å². The molecular formula is C64H57N3+2. The molecule has 13 rings (SSSR count). The van der Waals surface area contributed by atoms with Crippen LogP contribution in [0.1, 0.15) is 97.7 Å². The van der Waals surface area contributed by atoms with Crippen LogP contribution in [-0.4, -0.2) is 21.8 Å². The summed E-state index contributed by atoms with van der Waals surface area (Å²) in [6, 6.07) is 64.5. The molecule has 2 aromatic heterocycles. The molecule has 326 valence electrons. The quantitative estimate of drug-likeness (QED) is 0.139. The van der Waals surface area contributed by atoms with Gasteiger partial charge in [-0.15, -0.1) is 0 Å². The van der Waals surface area contributed by atoms with Gasteiger partial charge in [-0.3, -0.25) is 4.98 Å². The van der Waals surface area contributed by atoms with E-state index in [2.05, 4.69) is 224 Å². The third kappa shape index (κ3) is 6.27. The van der Waals surface area contributed by atoms with Gasteiger partial charge < -0.3 is 0 Å². The van der Waals surface area contributed by atoms with Gasteiger partial charge in [0.2, 0.25) is 16.9 Å². The first kappa shape index (κ1) is 40.3. The van der Waals surface area contributed by atoms with Crippen LogP contribution in [0.25, 0.3) is 55.9 Å². The molecule has 67 heavy (non-hydrogen) atoms. The van der Waals surface area contributed by atoms with Crippen molar-refractivity contribution in [3.8, 4) is 55.9 Å². The fourth-order valence-corrected chi connectivity index (χ4v) is 13.6. The largest absolute Gasteiger partial charge is 0.256 e. The summed E-state index contributed by atoms with van der Waals surface area (Å²) in [5.74, 6) is 0.871. The molecular weight excluding hydrogens is 811 g/mol. The Morgan fingerprint density at radius 2 is 1.30 bits per heavy atom. The van der Waals surface area contributed by atoms with E-state index in [1.54, 1.807) is 0 Å². The minimum absolute atomic E-state index is 0.146. The van der Waals surface area contributed by atoms with Crippen molar-refractivity contribution in [2.24, 2.45) is 11.3 Å². The van der Waals surface area contributed by atoms with Crippen LogP contribution in [0.2, 0.25) is 0 Å². The summed E-state index contributed by atoms with van der Waals surface area (Å²) in [4.78, 5) is 5.58. The third-order valence-electron chi connectivity index (χ3n) is 16.5. The van der Waals surface area contributed by atoms with E-state index in [9.17, 15) is 0 Å². The molecule has 5 aliphatic heterocycles. The van der Waals surface area contributed by atoms with Crippen LogP contribution in [0.15, 0.2) is 194 Å². The van der Waals surface area contributed by atoms with Crippen LogP contribution in [-0.2, 0) is 12.0 Å². The molecule has 1 fully saturated rings. The smallest absolute Gasteiger partial charge is 0.213 e. The Balaban J connectivity index is 0.994. The van der Waals surface area contributed by atoms with Crippen molar-refractivity contribution in [1.82, 2.24) is 4.98 Å². The Morgan fingerprint density at radius 1 is 0.612 bits per heavy atom. The van der Waals surface area contributed by atoms with Crippen molar-refractivity contribution in [2.45, 2.75) is 76.3 Å². The van der Waals surface area contributed by atoms with Gasteiger partial charge >= 0.3 is 0 Å². The minimum Gasteiger partial charge on any atom is -0.256 e. The Labute approximate surface area is 395 Å². The summed E-state index contributed by atoms with van der Waals surface area (Å²) in [6.07, 6.45) is 15.2. The van der Waals surface area contributed by atoms with Gasteiger partial charge in [-0.2, -0.15) is 4.57 Å². The molecule has 6 aromatic carbocycles. The summed E-state index contributed by atoms with van der Waals surface area (Å²) in [6.45, 7) is 8.42. The van der Waals surface area contributed by atoms with Crippen molar-refractivity contribution in [1.29, 1.82) is 0 Å². The summed E-state index contributed by atoms with van der Waals surface area (Å²) >= 11 is 0. The van der Waals surface area contributed by atoms with E-state index in [-0.39, 0.29) is 22.9 Å². The summed E-state index contributed by atoms with van der Waals surface area (Å²) < 4.78 is 5.44. The number of allylic oxidation sites excluding steroid dienone is 1. The van der Waals surface area contributed by atoms with E-state index in [0.717, 1.165) is 44.3 Å². The highest BCUT2D eigenvalue weighted by atomic mass is 15.1. The topological polar surface area (TPSA) is 19.8 Å². The highest BCUT2D eigenvalue weighted by Gasteiger charge is 2.58. The number of pyridine rings is 2. The molecule has 0 amide bonds. The number of nitrogens with zero attached hydrogens (tertiary/aromatic N) is 3. The highest BCUT2D eigenvalue weighted by Crippen LogP contribution is 2.55. The van der Waals surface area contributed by atoms with E-state index in [0.29, 0.717) is 11.8 Å². The molecule has 7 heterocycles. The van der Waals surface area contributed by atoms with Crippen LogP contribution in [0.5, 0.6) is 0 Å². The molecule has 3 nitrogen and oxygen atoms in total. The third-order valence-corrected chi connectivity index (χ3v) is 16.5. The van der Waals surface area contributed by atoms with Crippen LogP contribution in [0.4, 0.5) is 0 Å². The van der Waals surface area contributed by atoms with Crippen molar-refractivity contribution < 1.29 is 9.14 Å². The molecule has 3 heteroatoms. The number of aromatic nitrogens is 2. The second-order valence-electron chi connectivity index (χ2n) is 20.7. The molecule has 1 saturated heterocycles. The van der Waals surface area contributed by atoms with E-state index >= 15 is 0 Å². The summed E-state index contributed by atoms with van der Waals surface area (Å²) in [5, 5.41) is 0. The molecule has 4 bridgehead atoms. The number of fused-ring (bicyclic) bond motifs is 8. The maximum Gasteiger partial charge on any atom is 0.213 e. The first-order valence-corrected chi connectivity index (χ1v) is 24.8. The first-order chi connectivity index (χ1) is 32.9. The monoisotopic (exact) mass is 867 g/mol. The van der Waals surface area contributed by atoms with Crippen molar-refractivity contribution >= 4 is 5.71 Å². The molecule has 0 spiro atoms. The van der Waals surface area contributed by atoms with Gasteiger partial charge in [0.05, 0.1) is 28.7 Å². The highest BCUT2D eigenvalue weighted by molar-refractivity contribution is 6.08. The second kappa shape index (κ2) is 15.6. The van der Waals surface area contributed by atoms with E-state index < -0.39 is 0 Å². The standard InChI is InChI=1S/C64H57N3/c1-42(2)61(64-35-15-16-43-27-32-60(67(64)40-43)54-25-13-14-26-57(54)64)51-23-11-8-20-48(51)56-39-65-58(38-55(56)46-30-28-45(29-31-46)44-17-5-4-6-18-44)49-21-9-7-19-47(49)53-33-36-63(3)37-34-59-50-22-10-12-24-52(50)62(53)66(59)41-63/h4-14,17-32,34,37-40,42,53,61-62H,15-16,33,35-36,41H2,1-3H3/q+2. The van der Waals surface area contributed by atoms with Gasteiger partial charge in [-0.1, -0.05) is 166 Å². The molecule has 0 N–H and O–H groups in total. The predicted molar refractivity (Wildman–Crippen MR) is 273 cm³/mol. The van der Waals surface area contributed by atoms with Gasteiger partial charge in [0.15, 0.2) is 18.8 Å². The fourth-order valence-electron chi connectivity index (χ4n) is 13.6. The Bertz CT molecular complexity index is 3320. The maximum atomic E-state index is 5.58. The van der Waals surface area contributed by atoms with Gasteiger partial charge in [0.1, 0.15) is 0 Å². The van der Waals surface area contributed by atoms with Crippen molar-refractivity contribution in [3.05, 3.63) is 228 Å². The summed E-state index contributed by atoms with van der Waals surface area (Å²) in [5.41, 5.74) is 22.1. The number of aryl methyl sites for hydroxylation is 1. The average molecular weight is 868 g/mol. The number of hydrogen-bond donors (Lipinski definition) is 0. The average Bonchev–Trinajstić information content (AvgIpc) is 3.72. The lowest BCUT2D eigenvalue weighted by molar-refractivity contribution is -0.744. The van der Waals surface area contributed by atoms with E-state index in [1.807, 2.05) is 0 Å². The number of benzene rings is 6. The van der Waals surface area contributed by atoms with Crippen molar-refractivity contribution in [2.75, 3.05) is 6.54 Å². The van der Waals surface area contributed by atoms with E-state index in [4.69, 9.17) is 4.98 Å². The SMILES string of the molecule is CC(C)C(c1ccccc1-c1cnc(-c2ccccc2C2CCC3(C)C=CC4=[N+](C3)C2c2ccccc24)cc1-c1ccc(-c2ccccc2)cc1)C12CCCc3ccc([n+]1c3)-c1ccccc12. The Hall–Kier alpha value is -6.97.